The van der Waals surface area contributed by atoms with Crippen molar-refractivity contribution in [1.82, 2.24) is 0 Å². The van der Waals surface area contributed by atoms with Gasteiger partial charge in [-0.2, -0.15) is 0 Å². The van der Waals surface area contributed by atoms with Crippen LogP contribution in [0.1, 0.15) is 140 Å². The highest BCUT2D eigenvalue weighted by molar-refractivity contribution is 5.27. The maximum atomic E-state index is 2.58. The van der Waals surface area contributed by atoms with E-state index in [1.165, 1.54) is 116 Å². The van der Waals surface area contributed by atoms with Crippen molar-refractivity contribution in [2.45, 2.75) is 135 Å². The van der Waals surface area contributed by atoms with E-state index in [-0.39, 0.29) is 0 Å². The average Bonchev–Trinajstić information content (AvgIpc) is 2.81. The van der Waals surface area contributed by atoms with E-state index in [4.69, 9.17) is 0 Å². The minimum Gasteiger partial charge on any atom is -0.0853 e. The lowest BCUT2D eigenvalue weighted by Crippen LogP contribution is -2.24. The molecule has 2 aliphatic carbocycles. The summed E-state index contributed by atoms with van der Waals surface area (Å²) in [5.74, 6) is 0.730. The molecule has 0 N–H and O–H groups in total. The smallest absolute Gasteiger partial charge is 0.0125 e. The number of benzene rings is 1. The van der Waals surface area contributed by atoms with Crippen LogP contribution in [0.5, 0.6) is 0 Å². The van der Waals surface area contributed by atoms with E-state index in [1.807, 2.05) is 0 Å². The van der Waals surface area contributed by atoms with E-state index in [2.05, 4.69) is 44.2 Å². The Balaban J connectivity index is 1.65. The fourth-order valence-electron chi connectivity index (χ4n) is 6.07. The molecule has 1 fully saturated rings. The second-order valence-corrected chi connectivity index (χ2v) is 10.5. The lowest BCUT2D eigenvalue weighted by Gasteiger charge is -2.38. The Bertz CT molecular complexity index is 614. The number of hydrogen-bond acceptors (Lipinski definition) is 0. The maximum absolute atomic E-state index is 2.58. The van der Waals surface area contributed by atoms with Crippen LogP contribution < -0.4 is 0 Å². The topological polar surface area (TPSA) is 0 Å². The molecule has 3 rings (SSSR count). The average molecular weight is 409 g/mol. The molecule has 0 radical (unpaired) electrons. The minimum atomic E-state index is 0.649. The number of rotatable bonds is 12. The zero-order valence-corrected chi connectivity index (χ0v) is 20.2. The molecule has 1 atom stereocenters. The Morgan fingerprint density at radius 1 is 0.867 bits per heavy atom. The van der Waals surface area contributed by atoms with Crippen molar-refractivity contribution in [3.63, 3.8) is 0 Å². The van der Waals surface area contributed by atoms with E-state index in [0.29, 0.717) is 5.41 Å². The van der Waals surface area contributed by atoms with Crippen molar-refractivity contribution < 1.29 is 0 Å². The van der Waals surface area contributed by atoms with E-state index >= 15 is 0 Å². The summed E-state index contributed by atoms with van der Waals surface area (Å²) < 4.78 is 0. The van der Waals surface area contributed by atoms with Crippen molar-refractivity contribution in [2.75, 3.05) is 0 Å². The largest absolute Gasteiger partial charge is 0.0853 e. The highest BCUT2D eigenvalue weighted by Crippen LogP contribution is 2.45. The first-order valence-corrected chi connectivity index (χ1v) is 13.5. The van der Waals surface area contributed by atoms with E-state index < -0.39 is 0 Å². The lowest BCUT2D eigenvalue weighted by molar-refractivity contribution is 0.156. The van der Waals surface area contributed by atoms with Crippen LogP contribution >= 0.6 is 0 Å². The Hall–Kier alpha value is -1.04. The molecule has 0 heteroatoms. The first-order valence-electron chi connectivity index (χ1n) is 13.5. The maximum Gasteiger partial charge on any atom is -0.0125 e. The third kappa shape index (κ3) is 7.28. The number of allylic oxidation sites excluding steroid dienone is 2. The molecule has 0 saturated heterocycles. The molecular weight excluding hydrogens is 360 g/mol. The Morgan fingerprint density at radius 2 is 1.67 bits per heavy atom. The van der Waals surface area contributed by atoms with Crippen LogP contribution in [0.25, 0.3) is 0 Å². The fraction of sp³-hybridized carbons (Fsp3) is 0.733. The summed E-state index contributed by atoms with van der Waals surface area (Å²) in [6.07, 6.45) is 27.7. The van der Waals surface area contributed by atoms with Gasteiger partial charge in [-0.05, 0) is 93.1 Å². The first-order chi connectivity index (χ1) is 14.7. The molecule has 1 saturated carbocycles. The van der Waals surface area contributed by atoms with Gasteiger partial charge in [0.2, 0.25) is 0 Å². The van der Waals surface area contributed by atoms with Gasteiger partial charge in [-0.1, -0.05) is 94.7 Å². The van der Waals surface area contributed by atoms with Gasteiger partial charge >= 0.3 is 0 Å². The van der Waals surface area contributed by atoms with Crippen molar-refractivity contribution >= 4 is 0 Å². The number of aryl methyl sites for hydroxylation is 1. The molecule has 1 aromatic rings. The van der Waals surface area contributed by atoms with Gasteiger partial charge in [-0.3, -0.25) is 0 Å². The highest BCUT2D eigenvalue weighted by Gasteiger charge is 2.31. The van der Waals surface area contributed by atoms with Crippen LogP contribution in [0.4, 0.5) is 0 Å². The van der Waals surface area contributed by atoms with E-state index in [1.54, 1.807) is 16.7 Å². The van der Waals surface area contributed by atoms with Crippen LogP contribution in [0.2, 0.25) is 0 Å². The van der Waals surface area contributed by atoms with Gasteiger partial charge in [-0.25, -0.2) is 0 Å². The lowest BCUT2D eigenvalue weighted by atomic mass is 9.68. The first kappa shape index (κ1) is 23.6. The van der Waals surface area contributed by atoms with Crippen molar-refractivity contribution in [1.29, 1.82) is 0 Å². The van der Waals surface area contributed by atoms with Crippen LogP contribution in [0.3, 0.4) is 0 Å². The highest BCUT2D eigenvalue weighted by atomic mass is 14.4. The quantitative estimate of drug-likeness (QED) is 0.238. The SMILES string of the molecule is CCCCCCc1ccc(C(CCC2(CC)CCCCC2)CC2=CCCCC2)cc1. The van der Waals surface area contributed by atoms with Crippen LogP contribution in [-0.2, 0) is 6.42 Å². The van der Waals surface area contributed by atoms with Gasteiger partial charge < -0.3 is 0 Å². The van der Waals surface area contributed by atoms with Crippen molar-refractivity contribution in [2.24, 2.45) is 5.41 Å². The van der Waals surface area contributed by atoms with Crippen LogP contribution in [-0.4, -0.2) is 0 Å². The van der Waals surface area contributed by atoms with E-state index in [0.717, 1.165) is 5.92 Å². The molecule has 0 bridgehead atoms. The fourth-order valence-corrected chi connectivity index (χ4v) is 6.07. The summed E-state index contributed by atoms with van der Waals surface area (Å²) in [7, 11) is 0. The second-order valence-electron chi connectivity index (χ2n) is 10.5. The van der Waals surface area contributed by atoms with Gasteiger partial charge in [0, 0.05) is 0 Å². The standard InChI is InChI=1S/C30H48/c1-3-5-6-9-14-26-17-19-28(20-18-26)29(25-27-15-10-7-11-16-27)21-24-30(4-2)22-12-8-13-23-30/h15,17-20,29H,3-14,16,21-25H2,1-2H3. The Kier molecular flexibility index (Phi) is 10.0. The molecule has 30 heavy (non-hydrogen) atoms. The van der Waals surface area contributed by atoms with Crippen LogP contribution in [0.15, 0.2) is 35.9 Å². The molecule has 1 aromatic carbocycles. The molecule has 1 unspecified atom stereocenters. The number of hydrogen-bond donors (Lipinski definition) is 0. The Labute approximate surface area is 187 Å². The van der Waals surface area contributed by atoms with Gasteiger partial charge in [0.15, 0.2) is 0 Å². The molecular formula is C30H48. The third-order valence-corrected chi connectivity index (χ3v) is 8.35. The summed E-state index contributed by atoms with van der Waals surface area (Å²) in [6, 6.07) is 9.87. The molecule has 0 spiro atoms. The zero-order chi connectivity index (χ0) is 21.1. The molecule has 0 aromatic heterocycles. The second kappa shape index (κ2) is 12.7. The summed E-state index contributed by atoms with van der Waals surface area (Å²) in [5, 5.41) is 0. The molecule has 2 aliphatic rings. The molecule has 168 valence electrons. The molecule has 0 heterocycles. The van der Waals surface area contributed by atoms with Crippen molar-refractivity contribution in [3.05, 3.63) is 47.0 Å². The minimum absolute atomic E-state index is 0.649. The monoisotopic (exact) mass is 408 g/mol. The summed E-state index contributed by atoms with van der Waals surface area (Å²) in [5.41, 5.74) is 5.56. The molecule has 0 aliphatic heterocycles. The summed E-state index contributed by atoms with van der Waals surface area (Å²) >= 11 is 0. The van der Waals surface area contributed by atoms with Gasteiger partial charge in [-0.15, -0.1) is 0 Å². The zero-order valence-electron chi connectivity index (χ0n) is 20.2. The predicted octanol–water partition coefficient (Wildman–Crippen LogP) is 9.92. The Morgan fingerprint density at radius 3 is 2.33 bits per heavy atom. The van der Waals surface area contributed by atoms with E-state index in [9.17, 15) is 0 Å². The molecule has 0 amide bonds. The van der Waals surface area contributed by atoms with Gasteiger partial charge in [0.05, 0.1) is 0 Å². The normalized spacial score (nSPS) is 20.0. The summed E-state index contributed by atoms with van der Waals surface area (Å²) in [6.45, 7) is 4.75. The van der Waals surface area contributed by atoms with Crippen LogP contribution in [0, 0.1) is 5.41 Å². The predicted molar refractivity (Wildman–Crippen MR) is 133 cm³/mol. The third-order valence-electron chi connectivity index (χ3n) is 8.35. The summed E-state index contributed by atoms with van der Waals surface area (Å²) in [4.78, 5) is 0. The van der Waals surface area contributed by atoms with Gasteiger partial charge in [0.1, 0.15) is 0 Å². The number of unbranched alkanes of at least 4 members (excludes halogenated alkanes) is 3. The van der Waals surface area contributed by atoms with Gasteiger partial charge in [0.25, 0.3) is 0 Å². The molecule has 0 nitrogen and oxygen atoms in total. The van der Waals surface area contributed by atoms with Crippen molar-refractivity contribution in [3.8, 4) is 0 Å².